The van der Waals surface area contributed by atoms with E-state index in [1.807, 2.05) is 0 Å². The second-order valence-corrected chi connectivity index (χ2v) is 8.41. The Morgan fingerprint density at radius 3 is 2.64 bits per heavy atom. The predicted molar refractivity (Wildman–Crippen MR) is 127 cm³/mol. The number of halogens is 3. The third-order valence-corrected chi connectivity index (χ3v) is 5.76. The molecule has 1 amide bonds. The van der Waals surface area contributed by atoms with Crippen molar-refractivity contribution in [3.8, 4) is 5.82 Å². The summed E-state index contributed by atoms with van der Waals surface area (Å²) in [4.78, 5) is 22.9. The Bertz CT molecular complexity index is 1300. The molecule has 0 saturated carbocycles. The van der Waals surface area contributed by atoms with Gasteiger partial charge in [0.25, 0.3) is 0 Å². The largest absolute Gasteiger partial charge is 0.324 e. The SMILES string of the molecule is C=CCCl.CC1C[C@@H](C(=O)Nc2cnc(-n3nccn3)c(Cl)c2)c2cnc3cc(Cl)nn3c21. The molecule has 170 valence electrons. The Labute approximate surface area is 204 Å². The highest BCUT2D eigenvalue weighted by molar-refractivity contribution is 6.32. The van der Waals surface area contributed by atoms with Crippen molar-refractivity contribution in [2.24, 2.45) is 0 Å². The van der Waals surface area contributed by atoms with Gasteiger partial charge in [0.2, 0.25) is 5.91 Å². The third kappa shape index (κ3) is 4.71. The number of aromatic nitrogens is 7. The van der Waals surface area contributed by atoms with Crippen LogP contribution in [0.3, 0.4) is 0 Å². The first-order valence-electron chi connectivity index (χ1n) is 9.97. The first-order valence-corrected chi connectivity index (χ1v) is 11.3. The molecule has 1 aliphatic carbocycles. The monoisotopic (exact) mass is 504 g/mol. The number of alkyl halides is 1. The molecule has 0 spiro atoms. The van der Waals surface area contributed by atoms with E-state index in [4.69, 9.17) is 34.8 Å². The number of amides is 1. The lowest BCUT2D eigenvalue weighted by atomic mass is 10.0. The minimum Gasteiger partial charge on any atom is -0.324 e. The van der Waals surface area contributed by atoms with Gasteiger partial charge in [-0.25, -0.2) is 14.5 Å². The summed E-state index contributed by atoms with van der Waals surface area (Å²) in [6, 6.07) is 3.32. The van der Waals surface area contributed by atoms with Gasteiger partial charge in [-0.2, -0.15) is 15.3 Å². The summed E-state index contributed by atoms with van der Waals surface area (Å²) >= 11 is 17.4. The van der Waals surface area contributed by atoms with E-state index in [1.165, 1.54) is 23.4 Å². The standard InChI is InChI=1S/C18H14Cl2N8O.C3H5Cl/c1-9-4-11(12-8-21-15-6-14(20)26-27(15)16(9)12)18(29)25-10-5-13(19)17(22-7-10)28-23-2-3-24-28;1-2-3-4/h2-3,5-9,11H,4H2,1H3,(H,25,29);2H,1,3H2/t9?,11-;/m1./s1. The van der Waals surface area contributed by atoms with Gasteiger partial charge in [0.15, 0.2) is 16.6 Å². The van der Waals surface area contributed by atoms with Gasteiger partial charge in [-0.15, -0.1) is 23.0 Å². The van der Waals surface area contributed by atoms with Crippen molar-refractivity contribution in [2.75, 3.05) is 11.2 Å². The van der Waals surface area contributed by atoms with Crippen LogP contribution >= 0.6 is 34.8 Å². The zero-order valence-corrected chi connectivity index (χ0v) is 19.8. The highest BCUT2D eigenvalue weighted by Gasteiger charge is 2.36. The Morgan fingerprint density at radius 2 is 1.97 bits per heavy atom. The normalized spacial score (nSPS) is 16.7. The molecule has 9 nitrogen and oxygen atoms in total. The maximum atomic E-state index is 13.0. The average molecular weight is 506 g/mol. The molecular formula is C21H19Cl3N8O. The highest BCUT2D eigenvalue weighted by atomic mass is 35.5. The summed E-state index contributed by atoms with van der Waals surface area (Å²) in [5, 5.41) is 15.9. The van der Waals surface area contributed by atoms with Crippen molar-refractivity contribution >= 4 is 52.0 Å². The fraction of sp³-hybridized carbons (Fsp3) is 0.238. The molecule has 0 fully saturated rings. The van der Waals surface area contributed by atoms with Gasteiger partial charge in [-0.1, -0.05) is 36.2 Å². The number of pyridine rings is 1. The van der Waals surface area contributed by atoms with Gasteiger partial charge in [0.05, 0.1) is 40.9 Å². The summed E-state index contributed by atoms with van der Waals surface area (Å²) in [5.74, 6) is 0.567. The van der Waals surface area contributed by atoms with Gasteiger partial charge in [-0.05, 0) is 18.4 Å². The molecule has 0 aliphatic heterocycles. The molecule has 0 radical (unpaired) electrons. The minimum absolute atomic E-state index is 0.136. The van der Waals surface area contributed by atoms with E-state index in [9.17, 15) is 4.79 Å². The van der Waals surface area contributed by atoms with E-state index in [0.717, 1.165) is 11.3 Å². The lowest BCUT2D eigenvalue weighted by molar-refractivity contribution is -0.117. The van der Waals surface area contributed by atoms with Crippen LogP contribution in [0.4, 0.5) is 5.69 Å². The number of nitrogens with zero attached hydrogens (tertiary/aromatic N) is 7. The molecular weight excluding hydrogens is 487 g/mol. The maximum absolute atomic E-state index is 13.0. The quantitative estimate of drug-likeness (QED) is 0.320. The van der Waals surface area contributed by atoms with Crippen molar-refractivity contribution in [1.29, 1.82) is 0 Å². The molecule has 12 heteroatoms. The van der Waals surface area contributed by atoms with Crippen LogP contribution in [0.15, 0.2) is 49.6 Å². The number of hydrogen-bond acceptors (Lipinski definition) is 6. The Balaban J connectivity index is 0.000000601. The second kappa shape index (κ2) is 9.86. The summed E-state index contributed by atoms with van der Waals surface area (Å²) in [6.07, 6.45) is 8.61. The van der Waals surface area contributed by atoms with Crippen molar-refractivity contribution in [3.63, 3.8) is 0 Å². The van der Waals surface area contributed by atoms with Gasteiger partial charge in [-0.3, -0.25) is 4.79 Å². The number of carbonyl (C=O) groups is 1. The number of allylic oxidation sites excluding steroid dienone is 1. The number of anilines is 1. The molecule has 1 unspecified atom stereocenters. The Morgan fingerprint density at radius 1 is 1.24 bits per heavy atom. The van der Waals surface area contributed by atoms with Crippen LogP contribution in [-0.2, 0) is 4.79 Å². The molecule has 5 rings (SSSR count). The smallest absolute Gasteiger partial charge is 0.232 e. The summed E-state index contributed by atoms with van der Waals surface area (Å²) in [5.41, 5.74) is 2.96. The van der Waals surface area contributed by atoms with Gasteiger partial charge in [0.1, 0.15) is 0 Å². The third-order valence-electron chi connectivity index (χ3n) is 5.08. The molecule has 0 aromatic carbocycles. The molecule has 4 aromatic heterocycles. The van der Waals surface area contributed by atoms with Crippen molar-refractivity contribution in [3.05, 3.63) is 71.0 Å². The van der Waals surface area contributed by atoms with Gasteiger partial charge in [0, 0.05) is 23.7 Å². The molecule has 0 bridgehead atoms. The Hall–Kier alpha value is -3.01. The molecule has 2 atom stereocenters. The summed E-state index contributed by atoms with van der Waals surface area (Å²) in [6.45, 7) is 5.41. The van der Waals surface area contributed by atoms with Crippen LogP contribution in [0.1, 0.15) is 36.4 Å². The molecule has 33 heavy (non-hydrogen) atoms. The van der Waals surface area contributed by atoms with E-state index in [1.54, 1.807) is 28.9 Å². The van der Waals surface area contributed by atoms with E-state index in [-0.39, 0.29) is 17.7 Å². The van der Waals surface area contributed by atoms with Crippen molar-refractivity contribution in [1.82, 2.24) is 34.6 Å². The van der Waals surface area contributed by atoms with Crippen LogP contribution in [0.5, 0.6) is 0 Å². The summed E-state index contributed by atoms with van der Waals surface area (Å²) in [7, 11) is 0. The van der Waals surface area contributed by atoms with E-state index < -0.39 is 0 Å². The summed E-state index contributed by atoms with van der Waals surface area (Å²) < 4.78 is 1.72. The number of rotatable bonds is 4. The van der Waals surface area contributed by atoms with Crippen molar-refractivity contribution < 1.29 is 4.79 Å². The maximum Gasteiger partial charge on any atom is 0.232 e. The fourth-order valence-corrected chi connectivity index (χ4v) is 4.15. The lowest BCUT2D eigenvalue weighted by Crippen LogP contribution is -2.20. The molecule has 0 saturated heterocycles. The van der Waals surface area contributed by atoms with Crippen molar-refractivity contribution in [2.45, 2.75) is 25.2 Å². The number of nitrogens with one attached hydrogen (secondary N) is 1. The van der Waals surface area contributed by atoms with Crippen LogP contribution in [0, 0.1) is 0 Å². The Kier molecular flexibility index (Phi) is 6.92. The first kappa shape index (κ1) is 23.2. The zero-order chi connectivity index (χ0) is 23.5. The van der Waals surface area contributed by atoms with Crippen LogP contribution < -0.4 is 5.32 Å². The predicted octanol–water partition coefficient (Wildman–Crippen LogP) is 4.65. The average Bonchev–Trinajstić information content (AvgIpc) is 3.52. The molecule has 1 N–H and O–H groups in total. The van der Waals surface area contributed by atoms with E-state index in [0.29, 0.717) is 39.6 Å². The molecule has 4 heterocycles. The minimum atomic E-state index is -0.355. The van der Waals surface area contributed by atoms with Gasteiger partial charge >= 0.3 is 0 Å². The van der Waals surface area contributed by atoms with Gasteiger partial charge < -0.3 is 5.32 Å². The van der Waals surface area contributed by atoms with E-state index >= 15 is 0 Å². The molecule has 4 aromatic rings. The van der Waals surface area contributed by atoms with Crippen LogP contribution in [0.25, 0.3) is 11.5 Å². The highest BCUT2D eigenvalue weighted by Crippen LogP contribution is 2.42. The van der Waals surface area contributed by atoms with E-state index in [2.05, 4.69) is 44.1 Å². The zero-order valence-electron chi connectivity index (χ0n) is 17.5. The first-order chi connectivity index (χ1) is 15.9. The number of fused-ring (bicyclic) bond motifs is 3. The lowest BCUT2D eigenvalue weighted by Gasteiger charge is -2.13. The van der Waals surface area contributed by atoms with Crippen LogP contribution in [0.2, 0.25) is 10.2 Å². The topological polar surface area (TPSA) is 103 Å². The number of carbonyl (C=O) groups excluding carboxylic acids is 1. The molecule has 1 aliphatic rings. The fourth-order valence-electron chi connectivity index (χ4n) is 3.74. The second-order valence-electron chi connectivity index (χ2n) is 7.31. The van der Waals surface area contributed by atoms with Crippen LogP contribution in [-0.4, -0.2) is 46.4 Å². The number of hydrogen-bond donors (Lipinski definition) is 1.